The van der Waals surface area contributed by atoms with Crippen LogP contribution >= 0.6 is 23.2 Å². The maximum Gasteiger partial charge on any atom is 0.253 e. The van der Waals surface area contributed by atoms with E-state index in [1.165, 1.54) is 35.2 Å². The molecule has 6 nitrogen and oxygen atoms in total. The van der Waals surface area contributed by atoms with Crippen molar-refractivity contribution in [3.63, 3.8) is 0 Å². The summed E-state index contributed by atoms with van der Waals surface area (Å²) in [4.78, 5) is 16.5. The monoisotopic (exact) mass is 423 g/mol. The smallest absolute Gasteiger partial charge is 0.253 e. The van der Waals surface area contributed by atoms with Crippen LogP contribution in [0.25, 0.3) is 11.3 Å². The summed E-state index contributed by atoms with van der Waals surface area (Å²) in [5.74, 6) is 0. The van der Waals surface area contributed by atoms with Gasteiger partial charge in [0, 0.05) is 24.7 Å². The highest BCUT2D eigenvalue weighted by Gasteiger charge is 2.15. The van der Waals surface area contributed by atoms with E-state index in [1.807, 2.05) is 30.3 Å². The summed E-state index contributed by atoms with van der Waals surface area (Å²) in [6, 6.07) is 14.8. The molecule has 0 radical (unpaired) electrons. The minimum atomic E-state index is -3.76. The van der Waals surface area contributed by atoms with E-state index in [0.29, 0.717) is 5.69 Å². The maximum absolute atomic E-state index is 12.3. The molecule has 0 aliphatic rings. The zero-order valence-electron chi connectivity index (χ0n) is 14.0. The molecule has 3 aromatic rings. The third-order valence-electron chi connectivity index (χ3n) is 3.80. The van der Waals surface area contributed by atoms with Gasteiger partial charge in [-0.15, -0.1) is 0 Å². The quantitative estimate of drug-likeness (QED) is 0.659. The molecular weight excluding hydrogens is 409 g/mol. The Bertz CT molecular complexity index is 1120. The fraction of sp³-hybridized carbons (Fsp3) is 0.111. The largest absolute Gasteiger partial charge is 0.298 e. The van der Waals surface area contributed by atoms with Crippen molar-refractivity contribution in [2.75, 3.05) is 6.54 Å². The van der Waals surface area contributed by atoms with Crippen LogP contribution in [-0.2, 0) is 16.6 Å². The van der Waals surface area contributed by atoms with Crippen LogP contribution in [0.3, 0.4) is 0 Å². The lowest BCUT2D eigenvalue weighted by atomic mass is 10.1. The highest BCUT2D eigenvalue weighted by molar-refractivity contribution is 7.89. The van der Waals surface area contributed by atoms with Gasteiger partial charge in [-0.05, 0) is 18.2 Å². The minimum absolute atomic E-state index is 0.00166. The number of hydrogen-bond donors (Lipinski definition) is 1. The number of aromatic nitrogens is 2. The zero-order chi connectivity index (χ0) is 19.4. The van der Waals surface area contributed by atoms with Crippen molar-refractivity contribution in [1.29, 1.82) is 0 Å². The molecule has 0 aliphatic heterocycles. The first-order valence-electron chi connectivity index (χ1n) is 7.93. The maximum atomic E-state index is 12.3. The summed E-state index contributed by atoms with van der Waals surface area (Å²) in [6.07, 6.45) is 1.40. The van der Waals surface area contributed by atoms with Crippen LogP contribution in [0.2, 0.25) is 10.0 Å². The van der Waals surface area contributed by atoms with E-state index in [0.717, 1.165) is 5.56 Å². The number of nitrogens with one attached hydrogen (secondary N) is 1. The molecule has 2 aromatic carbocycles. The molecule has 0 unspecified atom stereocenters. The molecule has 0 aliphatic carbocycles. The van der Waals surface area contributed by atoms with Gasteiger partial charge in [0.05, 0.1) is 27.0 Å². The molecule has 0 atom stereocenters. The van der Waals surface area contributed by atoms with Crippen molar-refractivity contribution in [2.24, 2.45) is 0 Å². The van der Waals surface area contributed by atoms with Crippen LogP contribution in [0, 0.1) is 0 Å². The van der Waals surface area contributed by atoms with E-state index >= 15 is 0 Å². The Kier molecular flexibility index (Phi) is 5.96. The molecule has 0 bridgehead atoms. The van der Waals surface area contributed by atoms with Gasteiger partial charge in [-0.25, -0.2) is 18.1 Å². The Morgan fingerprint density at radius 1 is 1.00 bits per heavy atom. The summed E-state index contributed by atoms with van der Waals surface area (Å²) < 4.78 is 28.4. The fourth-order valence-corrected chi connectivity index (χ4v) is 3.80. The van der Waals surface area contributed by atoms with Gasteiger partial charge in [0.1, 0.15) is 0 Å². The Morgan fingerprint density at radius 3 is 2.41 bits per heavy atom. The fourth-order valence-electron chi connectivity index (χ4n) is 2.39. The highest BCUT2D eigenvalue weighted by atomic mass is 35.5. The minimum Gasteiger partial charge on any atom is -0.298 e. The Hall–Kier alpha value is -2.19. The summed E-state index contributed by atoms with van der Waals surface area (Å²) in [5, 5.41) is 0.420. The van der Waals surface area contributed by atoms with Gasteiger partial charge in [0.15, 0.2) is 0 Å². The van der Waals surface area contributed by atoms with Crippen LogP contribution in [0.4, 0.5) is 0 Å². The van der Waals surface area contributed by atoms with Crippen LogP contribution in [0.5, 0.6) is 0 Å². The van der Waals surface area contributed by atoms with Gasteiger partial charge in [-0.2, -0.15) is 0 Å². The lowest BCUT2D eigenvalue weighted by Gasteiger charge is -2.09. The molecule has 0 spiro atoms. The van der Waals surface area contributed by atoms with E-state index in [4.69, 9.17) is 23.2 Å². The van der Waals surface area contributed by atoms with Crippen molar-refractivity contribution in [3.05, 3.63) is 81.3 Å². The molecule has 3 rings (SSSR count). The average Bonchev–Trinajstić information content (AvgIpc) is 2.66. The van der Waals surface area contributed by atoms with E-state index in [1.54, 1.807) is 0 Å². The van der Waals surface area contributed by atoms with Gasteiger partial charge >= 0.3 is 0 Å². The third kappa shape index (κ3) is 4.75. The summed E-state index contributed by atoms with van der Waals surface area (Å²) in [7, 11) is -3.76. The molecular formula is C18H15Cl2N3O3S. The number of benzene rings is 2. The average molecular weight is 424 g/mol. The van der Waals surface area contributed by atoms with Crippen molar-refractivity contribution in [1.82, 2.24) is 14.3 Å². The Labute approximate surface area is 166 Å². The molecule has 0 saturated heterocycles. The molecule has 0 fully saturated rings. The van der Waals surface area contributed by atoms with Gasteiger partial charge < -0.3 is 0 Å². The van der Waals surface area contributed by atoms with Gasteiger partial charge in [0.25, 0.3) is 5.56 Å². The predicted octanol–water partition coefficient (Wildman–Crippen LogP) is 3.20. The normalized spacial score (nSPS) is 11.5. The zero-order valence-corrected chi connectivity index (χ0v) is 16.3. The second-order valence-electron chi connectivity index (χ2n) is 5.65. The standard InChI is InChI=1S/C18H15Cl2N3O3S/c19-15-7-6-14(10-16(15)20)27(25,26)22-8-9-23-12-21-17(11-18(23)24)13-4-2-1-3-5-13/h1-7,10-12,22H,8-9H2. The molecule has 0 saturated carbocycles. The van der Waals surface area contributed by atoms with Crippen LogP contribution in [-0.4, -0.2) is 24.5 Å². The van der Waals surface area contributed by atoms with Crippen molar-refractivity contribution < 1.29 is 8.42 Å². The van der Waals surface area contributed by atoms with E-state index in [9.17, 15) is 13.2 Å². The van der Waals surface area contributed by atoms with Gasteiger partial charge in [-0.1, -0.05) is 53.5 Å². The van der Waals surface area contributed by atoms with E-state index in [2.05, 4.69) is 9.71 Å². The van der Waals surface area contributed by atoms with Gasteiger partial charge in [0.2, 0.25) is 10.0 Å². The number of hydrogen-bond acceptors (Lipinski definition) is 4. The predicted molar refractivity (Wildman–Crippen MR) is 106 cm³/mol. The van der Waals surface area contributed by atoms with Crippen molar-refractivity contribution in [2.45, 2.75) is 11.4 Å². The molecule has 27 heavy (non-hydrogen) atoms. The highest BCUT2D eigenvalue weighted by Crippen LogP contribution is 2.24. The summed E-state index contributed by atoms with van der Waals surface area (Å²) in [5.41, 5.74) is 1.13. The summed E-state index contributed by atoms with van der Waals surface area (Å²) in [6.45, 7) is 0.163. The Morgan fingerprint density at radius 2 is 1.74 bits per heavy atom. The topological polar surface area (TPSA) is 81.1 Å². The molecule has 1 N–H and O–H groups in total. The lowest BCUT2D eigenvalue weighted by molar-refractivity contribution is 0.569. The second kappa shape index (κ2) is 8.22. The molecule has 9 heteroatoms. The molecule has 1 aromatic heterocycles. The Balaban J connectivity index is 1.68. The SMILES string of the molecule is O=c1cc(-c2ccccc2)ncn1CCNS(=O)(=O)c1ccc(Cl)c(Cl)c1. The van der Waals surface area contributed by atoms with Crippen LogP contribution in [0.1, 0.15) is 0 Å². The third-order valence-corrected chi connectivity index (χ3v) is 5.99. The van der Waals surface area contributed by atoms with Crippen LogP contribution < -0.4 is 10.3 Å². The number of nitrogens with zero attached hydrogens (tertiary/aromatic N) is 2. The van der Waals surface area contributed by atoms with E-state index < -0.39 is 10.0 Å². The first kappa shape index (κ1) is 19.6. The lowest BCUT2D eigenvalue weighted by Crippen LogP contribution is -2.30. The van der Waals surface area contributed by atoms with Crippen LogP contribution in [0.15, 0.2) is 70.6 Å². The molecule has 1 heterocycles. The van der Waals surface area contributed by atoms with Gasteiger partial charge in [-0.3, -0.25) is 9.36 Å². The molecule has 140 valence electrons. The number of sulfonamides is 1. The number of halogens is 2. The second-order valence-corrected chi connectivity index (χ2v) is 8.23. The first-order chi connectivity index (χ1) is 12.9. The first-order valence-corrected chi connectivity index (χ1v) is 10.2. The summed E-state index contributed by atoms with van der Waals surface area (Å²) >= 11 is 11.7. The van der Waals surface area contributed by atoms with Crippen molar-refractivity contribution >= 4 is 33.2 Å². The van der Waals surface area contributed by atoms with Crippen molar-refractivity contribution in [3.8, 4) is 11.3 Å². The number of rotatable bonds is 6. The van der Waals surface area contributed by atoms with E-state index in [-0.39, 0.29) is 33.6 Å². The molecule has 0 amide bonds.